The molecule has 152 valence electrons. The standard InChI is InChI=1S/C20H18N6O.C2H4O/c1-22-16-5-2-4-14(12-16)17-6-3-7-18-24-20(25-26(17)18)23-15-10-8-13(9-11-15)19(21)27;1-2-3/h2-12,22H,1H3,(H2,21,27)(H,23,25);2H,1H3. The van der Waals surface area contributed by atoms with Crippen molar-refractivity contribution in [3.63, 3.8) is 0 Å². The normalized spacial score (nSPS) is 10.1. The minimum Gasteiger partial charge on any atom is -0.388 e. The van der Waals surface area contributed by atoms with E-state index in [1.807, 2.05) is 43.4 Å². The van der Waals surface area contributed by atoms with Crippen molar-refractivity contribution in [3.8, 4) is 11.3 Å². The zero-order valence-corrected chi connectivity index (χ0v) is 16.7. The average molecular weight is 402 g/mol. The summed E-state index contributed by atoms with van der Waals surface area (Å²) in [4.78, 5) is 24.5. The molecular formula is C22H22N6O2. The van der Waals surface area contributed by atoms with E-state index < -0.39 is 5.91 Å². The maximum Gasteiger partial charge on any atom is 0.248 e. The second kappa shape index (κ2) is 9.33. The van der Waals surface area contributed by atoms with Gasteiger partial charge in [-0.25, -0.2) is 4.52 Å². The van der Waals surface area contributed by atoms with Crippen molar-refractivity contribution in [1.29, 1.82) is 0 Å². The summed E-state index contributed by atoms with van der Waals surface area (Å²) >= 11 is 0. The number of carbonyl (C=O) groups is 2. The molecule has 8 nitrogen and oxygen atoms in total. The summed E-state index contributed by atoms with van der Waals surface area (Å²) in [6, 6.07) is 20.8. The number of primary amides is 1. The van der Waals surface area contributed by atoms with Crippen molar-refractivity contribution < 1.29 is 9.59 Å². The van der Waals surface area contributed by atoms with E-state index in [1.165, 1.54) is 6.92 Å². The predicted molar refractivity (Wildman–Crippen MR) is 118 cm³/mol. The van der Waals surface area contributed by atoms with E-state index >= 15 is 0 Å². The highest BCUT2D eigenvalue weighted by atomic mass is 16.1. The fourth-order valence-electron chi connectivity index (χ4n) is 2.86. The van der Waals surface area contributed by atoms with Gasteiger partial charge in [-0.15, -0.1) is 5.10 Å². The van der Waals surface area contributed by atoms with E-state index in [2.05, 4.69) is 26.8 Å². The highest BCUT2D eigenvalue weighted by Gasteiger charge is 2.10. The number of nitrogens with zero attached hydrogens (tertiary/aromatic N) is 3. The van der Waals surface area contributed by atoms with Gasteiger partial charge in [0.1, 0.15) is 6.29 Å². The first kappa shape index (κ1) is 20.5. The van der Waals surface area contributed by atoms with E-state index in [9.17, 15) is 4.79 Å². The Morgan fingerprint density at radius 1 is 1.03 bits per heavy atom. The molecule has 4 rings (SSSR count). The van der Waals surface area contributed by atoms with E-state index in [-0.39, 0.29) is 0 Å². The van der Waals surface area contributed by atoms with Crippen LogP contribution in [0.2, 0.25) is 0 Å². The lowest BCUT2D eigenvalue weighted by atomic mass is 10.1. The molecule has 0 aliphatic heterocycles. The third-order valence-corrected chi connectivity index (χ3v) is 4.23. The molecule has 4 N–H and O–H groups in total. The molecule has 2 aromatic heterocycles. The van der Waals surface area contributed by atoms with Gasteiger partial charge >= 0.3 is 0 Å². The lowest BCUT2D eigenvalue weighted by Crippen LogP contribution is -2.10. The summed E-state index contributed by atoms with van der Waals surface area (Å²) in [6.07, 6.45) is 0.750. The van der Waals surface area contributed by atoms with Gasteiger partial charge in [0.25, 0.3) is 0 Å². The number of benzene rings is 2. The Kier molecular flexibility index (Phi) is 6.39. The fraction of sp³-hybridized carbons (Fsp3) is 0.0909. The Balaban J connectivity index is 0.000000806. The molecule has 30 heavy (non-hydrogen) atoms. The number of carbonyl (C=O) groups excluding carboxylic acids is 2. The number of hydrogen-bond acceptors (Lipinski definition) is 6. The number of fused-ring (bicyclic) bond motifs is 1. The Bertz CT molecular complexity index is 1170. The topological polar surface area (TPSA) is 114 Å². The van der Waals surface area contributed by atoms with Crippen LogP contribution in [-0.4, -0.2) is 33.8 Å². The van der Waals surface area contributed by atoms with Gasteiger partial charge in [-0.2, -0.15) is 4.98 Å². The molecule has 0 atom stereocenters. The van der Waals surface area contributed by atoms with Gasteiger partial charge in [0, 0.05) is 29.5 Å². The van der Waals surface area contributed by atoms with Gasteiger partial charge in [0.05, 0.1) is 5.69 Å². The van der Waals surface area contributed by atoms with Crippen molar-refractivity contribution in [2.45, 2.75) is 6.92 Å². The Morgan fingerprint density at radius 3 is 2.40 bits per heavy atom. The lowest BCUT2D eigenvalue weighted by molar-refractivity contribution is -0.106. The number of pyridine rings is 1. The molecule has 0 radical (unpaired) electrons. The van der Waals surface area contributed by atoms with Crippen LogP contribution in [-0.2, 0) is 4.79 Å². The molecule has 0 bridgehead atoms. The molecular weight excluding hydrogens is 380 g/mol. The van der Waals surface area contributed by atoms with Crippen LogP contribution >= 0.6 is 0 Å². The molecule has 0 unspecified atom stereocenters. The smallest absolute Gasteiger partial charge is 0.248 e. The van der Waals surface area contributed by atoms with Crippen molar-refractivity contribution in [3.05, 3.63) is 72.3 Å². The highest BCUT2D eigenvalue weighted by Crippen LogP contribution is 2.24. The van der Waals surface area contributed by atoms with Gasteiger partial charge in [-0.1, -0.05) is 18.2 Å². The summed E-state index contributed by atoms with van der Waals surface area (Å²) in [5.41, 5.74) is 10.2. The first-order valence-corrected chi connectivity index (χ1v) is 9.26. The summed E-state index contributed by atoms with van der Waals surface area (Å²) in [7, 11) is 1.89. The molecule has 1 amide bonds. The molecule has 0 fully saturated rings. The van der Waals surface area contributed by atoms with Crippen LogP contribution in [0.1, 0.15) is 17.3 Å². The molecule has 0 spiro atoms. The molecule has 0 saturated heterocycles. The minimum atomic E-state index is -0.458. The van der Waals surface area contributed by atoms with Crippen LogP contribution < -0.4 is 16.4 Å². The van der Waals surface area contributed by atoms with Crippen LogP contribution in [0.4, 0.5) is 17.3 Å². The van der Waals surface area contributed by atoms with E-state index in [1.54, 1.807) is 28.8 Å². The number of nitrogens with two attached hydrogens (primary N) is 1. The van der Waals surface area contributed by atoms with Crippen LogP contribution in [0.25, 0.3) is 16.9 Å². The van der Waals surface area contributed by atoms with Gasteiger partial charge in [0.15, 0.2) is 5.65 Å². The highest BCUT2D eigenvalue weighted by molar-refractivity contribution is 5.93. The third-order valence-electron chi connectivity index (χ3n) is 4.23. The molecule has 4 aromatic rings. The second-order valence-electron chi connectivity index (χ2n) is 6.25. The number of aromatic nitrogens is 3. The SMILES string of the molecule is CC=O.CNc1cccc(-c2cccc3nc(Nc4ccc(C(N)=O)cc4)nn23)c1. The summed E-state index contributed by atoms with van der Waals surface area (Å²) in [5, 5.41) is 10.9. The zero-order valence-electron chi connectivity index (χ0n) is 16.7. The van der Waals surface area contributed by atoms with E-state index in [4.69, 9.17) is 10.5 Å². The quantitative estimate of drug-likeness (QED) is 0.440. The molecule has 0 aliphatic carbocycles. The summed E-state index contributed by atoms with van der Waals surface area (Å²) in [5.74, 6) is 0.0138. The van der Waals surface area contributed by atoms with Gasteiger partial charge in [0.2, 0.25) is 11.9 Å². The third kappa shape index (κ3) is 4.61. The van der Waals surface area contributed by atoms with E-state index in [0.29, 0.717) is 11.5 Å². The monoisotopic (exact) mass is 402 g/mol. The van der Waals surface area contributed by atoms with Crippen molar-refractivity contribution in [2.24, 2.45) is 5.73 Å². The Hall–Kier alpha value is -4.20. The molecule has 0 saturated carbocycles. The molecule has 0 aliphatic rings. The van der Waals surface area contributed by atoms with Crippen LogP contribution in [0.3, 0.4) is 0 Å². The van der Waals surface area contributed by atoms with Crippen LogP contribution in [0.5, 0.6) is 0 Å². The summed E-state index contributed by atoms with van der Waals surface area (Å²) in [6.45, 7) is 1.44. The summed E-state index contributed by atoms with van der Waals surface area (Å²) < 4.78 is 1.80. The van der Waals surface area contributed by atoms with Crippen LogP contribution in [0, 0.1) is 0 Å². The Labute approximate surface area is 173 Å². The second-order valence-corrected chi connectivity index (χ2v) is 6.25. The average Bonchev–Trinajstić information content (AvgIpc) is 3.17. The number of nitrogens with one attached hydrogen (secondary N) is 2. The van der Waals surface area contributed by atoms with Crippen LogP contribution in [0.15, 0.2) is 66.7 Å². The predicted octanol–water partition coefficient (Wildman–Crippen LogP) is 3.49. The maximum atomic E-state index is 11.2. The molecule has 2 aromatic carbocycles. The van der Waals surface area contributed by atoms with Gasteiger partial charge in [-0.05, 0) is 55.5 Å². The van der Waals surface area contributed by atoms with Crippen molar-refractivity contribution in [2.75, 3.05) is 17.7 Å². The lowest BCUT2D eigenvalue weighted by Gasteiger charge is -2.06. The van der Waals surface area contributed by atoms with Crippen molar-refractivity contribution in [1.82, 2.24) is 14.6 Å². The van der Waals surface area contributed by atoms with Crippen molar-refractivity contribution >= 4 is 35.2 Å². The minimum absolute atomic E-state index is 0.454. The number of amides is 1. The van der Waals surface area contributed by atoms with E-state index in [0.717, 1.165) is 34.6 Å². The first-order chi connectivity index (χ1) is 14.5. The molecule has 8 heteroatoms. The number of rotatable bonds is 5. The Morgan fingerprint density at radius 2 is 1.73 bits per heavy atom. The molecule has 2 heterocycles. The largest absolute Gasteiger partial charge is 0.388 e. The number of hydrogen-bond donors (Lipinski definition) is 3. The maximum absolute atomic E-state index is 11.2. The zero-order chi connectivity index (χ0) is 21.5. The van der Waals surface area contributed by atoms with Gasteiger partial charge in [-0.3, -0.25) is 4.79 Å². The number of anilines is 3. The first-order valence-electron chi connectivity index (χ1n) is 9.26. The van der Waals surface area contributed by atoms with Gasteiger partial charge < -0.3 is 21.2 Å². The number of aldehydes is 1. The fourth-order valence-corrected chi connectivity index (χ4v) is 2.86.